The summed E-state index contributed by atoms with van der Waals surface area (Å²) in [5, 5.41) is 3.99. The van der Waals surface area contributed by atoms with Crippen LogP contribution in [0, 0.1) is 5.82 Å². The number of hydrogen-bond acceptors (Lipinski definition) is 3. The summed E-state index contributed by atoms with van der Waals surface area (Å²) in [5.41, 5.74) is 1.26. The molecule has 0 amide bonds. The van der Waals surface area contributed by atoms with Gasteiger partial charge in [0.05, 0.1) is 5.69 Å². The predicted octanol–water partition coefficient (Wildman–Crippen LogP) is 2.87. The molecule has 4 nitrogen and oxygen atoms in total. The van der Waals surface area contributed by atoms with Crippen molar-refractivity contribution in [3.8, 4) is 11.3 Å². The number of nitrogens with zero attached hydrogens (tertiary/aromatic N) is 2. The van der Waals surface area contributed by atoms with Gasteiger partial charge in [-0.3, -0.25) is 0 Å². The van der Waals surface area contributed by atoms with Crippen LogP contribution >= 0.6 is 11.6 Å². The molecule has 0 saturated carbocycles. The molecule has 2 rings (SSSR count). The summed E-state index contributed by atoms with van der Waals surface area (Å²) in [6, 6.07) is 7.20. The molecule has 6 heteroatoms. The Balaban J connectivity index is 2.23. The maximum atomic E-state index is 12.7. The zero-order valence-corrected chi connectivity index (χ0v) is 9.39. The molecule has 17 heavy (non-hydrogen) atoms. The highest BCUT2D eigenvalue weighted by Gasteiger charge is 2.08. The molecule has 0 aliphatic rings. The van der Waals surface area contributed by atoms with Gasteiger partial charge in [0.25, 0.3) is 0 Å². The minimum absolute atomic E-state index is 0.232. The van der Waals surface area contributed by atoms with Crippen LogP contribution in [0.4, 0.5) is 9.18 Å². The van der Waals surface area contributed by atoms with Gasteiger partial charge in [0, 0.05) is 11.8 Å². The average molecular weight is 255 g/mol. The molecular formula is C11H8ClFN2O2. The van der Waals surface area contributed by atoms with Crippen molar-refractivity contribution >= 4 is 17.7 Å². The lowest BCUT2D eigenvalue weighted by atomic mass is 10.1. The molecule has 88 valence electrons. The highest BCUT2D eigenvalue weighted by Crippen LogP contribution is 2.17. The minimum atomic E-state index is -0.659. The van der Waals surface area contributed by atoms with Gasteiger partial charge in [-0.1, -0.05) is 11.6 Å². The third-order valence-electron chi connectivity index (χ3n) is 2.09. The van der Waals surface area contributed by atoms with E-state index in [0.29, 0.717) is 11.3 Å². The Hall–Kier alpha value is -1.88. The summed E-state index contributed by atoms with van der Waals surface area (Å²) in [4.78, 5) is 11.3. The van der Waals surface area contributed by atoms with Gasteiger partial charge in [-0.2, -0.15) is 9.78 Å². The van der Waals surface area contributed by atoms with Crippen molar-refractivity contribution in [2.24, 2.45) is 0 Å². The Labute approximate surface area is 102 Å². The van der Waals surface area contributed by atoms with Crippen molar-refractivity contribution in [1.82, 2.24) is 9.78 Å². The number of alkyl halides is 1. The molecule has 0 unspecified atom stereocenters. The van der Waals surface area contributed by atoms with Crippen LogP contribution in [0.2, 0.25) is 0 Å². The van der Waals surface area contributed by atoms with E-state index in [1.165, 1.54) is 18.3 Å². The van der Waals surface area contributed by atoms with Crippen molar-refractivity contribution in [3.63, 3.8) is 0 Å². The summed E-state index contributed by atoms with van der Waals surface area (Å²) < 4.78 is 18.3. The van der Waals surface area contributed by atoms with Crippen molar-refractivity contribution in [3.05, 3.63) is 42.3 Å². The molecule has 1 aromatic carbocycles. The number of benzene rings is 1. The standard InChI is InChI=1S/C11H8ClFN2O2/c12-7-17-11(16)15-6-5-10(14-15)8-1-3-9(13)4-2-8/h1-6H,7H2. The molecular weight excluding hydrogens is 247 g/mol. The highest BCUT2D eigenvalue weighted by molar-refractivity contribution is 6.17. The second kappa shape index (κ2) is 4.97. The van der Waals surface area contributed by atoms with Crippen molar-refractivity contribution in [2.75, 3.05) is 6.07 Å². The lowest BCUT2D eigenvalue weighted by Crippen LogP contribution is -2.13. The molecule has 1 heterocycles. The molecule has 0 radical (unpaired) electrons. The van der Waals surface area contributed by atoms with Crippen LogP contribution in [-0.4, -0.2) is 21.9 Å². The van der Waals surface area contributed by atoms with Crippen LogP contribution in [0.25, 0.3) is 11.3 Å². The van der Waals surface area contributed by atoms with Crippen LogP contribution < -0.4 is 0 Å². The maximum absolute atomic E-state index is 12.7. The van der Waals surface area contributed by atoms with Crippen LogP contribution in [0.1, 0.15) is 0 Å². The molecule has 0 bridgehead atoms. The summed E-state index contributed by atoms with van der Waals surface area (Å²) in [5.74, 6) is -0.324. The van der Waals surface area contributed by atoms with Gasteiger partial charge in [-0.05, 0) is 30.3 Å². The van der Waals surface area contributed by atoms with E-state index >= 15 is 0 Å². The average Bonchev–Trinajstić information content (AvgIpc) is 2.80. The molecule has 0 spiro atoms. The zero-order chi connectivity index (χ0) is 12.3. The van der Waals surface area contributed by atoms with Crippen LogP contribution in [0.3, 0.4) is 0 Å². The molecule has 1 aromatic heterocycles. The maximum Gasteiger partial charge on any atom is 0.435 e. The normalized spacial score (nSPS) is 10.2. The smallest absolute Gasteiger partial charge is 0.432 e. The SMILES string of the molecule is O=C(OCCl)n1ccc(-c2ccc(F)cc2)n1. The number of ether oxygens (including phenoxy) is 1. The Morgan fingerprint density at radius 2 is 2.06 bits per heavy atom. The van der Waals surface area contributed by atoms with E-state index < -0.39 is 6.09 Å². The highest BCUT2D eigenvalue weighted by atomic mass is 35.5. The fourth-order valence-corrected chi connectivity index (χ4v) is 1.41. The summed E-state index contributed by atoms with van der Waals surface area (Å²) >= 11 is 5.26. The second-order valence-electron chi connectivity index (χ2n) is 3.17. The third kappa shape index (κ3) is 2.62. The zero-order valence-electron chi connectivity index (χ0n) is 8.64. The van der Waals surface area contributed by atoms with E-state index in [-0.39, 0.29) is 11.9 Å². The predicted molar refractivity (Wildman–Crippen MR) is 60.2 cm³/mol. The van der Waals surface area contributed by atoms with Gasteiger partial charge in [0.2, 0.25) is 0 Å². The molecule has 0 atom stereocenters. The Morgan fingerprint density at radius 3 is 2.71 bits per heavy atom. The van der Waals surface area contributed by atoms with E-state index in [1.54, 1.807) is 18.2 Å². The monoisotopic (exact) mass is 254 g/mol. The Bertz CT molecular complexity index is 525. The Kier molecular flexibility index (Phi) is 3.39. The molecule has 2 aromatic rings. The van der Waals surface area contributed by atoms with Crippen molar-refractivity contribution < 1.29 is 13.9 Å². The summed E-state index contributed by atoms with van der Waals surface area (Å²) in [6.45, 7) is 0. The van der Waals surface area contributed by atoms with Gasteiger partial charge < -0.3 is 4.74 Å². The largest absolute Gasteiger partial charge is 0.435 e. The number of aromatic nitrogens is 2. The fraction of sp³-hybridized carbons (Fsp3) is 0.0909. The lowest BCUT2D eigenvalue weighted by Gasteiger charge is -1.99. The van der Waals surface area contributed by atoms with E-state index in [0.717, 1.165) is 4.68 Å². The van der Waals surface area contributed by atoms with Gasteiger partial charge in [-0.25, -0.2) is 9.18 Å². The lowest BCUT2D eigenvalue weighted by molar-refractivity contribution is 0.163. The first-order valence-corrected chi connectivity index (χ1v) is 5.29. The summed E-state index contributed by atoms with van der Waals surface area (Å²) in [6.07, 6.45) is 0.793. The number of rotatable bonds is 2. The van der Waals surface area contributed by atoms with Crippen LogP contribution in [-0.2, 0) is 4.74 Å². The Morgan fingerprint density at radius 1 is 1.35 bits per heavy atom. The molecule has 0 aliphatic carbocycles. The topological polar surface area (TPSA) is 44.1 Å². The van der Waals surface area contributed by atoms with E-state index in [9.17, 15) is 9.18 Å². The minimum Gasteiger partial charge on any atom is -0.432 e. The van der Waals surface area contributed by atoms with Crippen LogP contribution in [0.15, 0.2) is 36.5 Å². The number of carbonyl (C=O) groups is 1. The third-order valence-corrected chi connectivity index (χ3v) is 2.20. The fourth-order valence-electron chi connectivity index (χ4n) is 1.31. The molecule has 0 fully saturated rings. The molecule has 0 saturated heterocycles. The summed E-state index contributed by atoms with van der Waals surface area (Å²) in [7, 11) is 0. The van der Waals surface area contributed by atoms with Gasteiger partial charge in [-0.15, -0.1) is 0 Å². The van der Waals surface area contributed by atoms with Crippen LogP contribution in [0.5, 0.6) is 0 Å². The second-order valence-corrected chi connectivity index (χ2v) is 3.39. The van der Waals surface area contributed by atoms with Crippen molar-refractivity contribution in [2.45, 2.75) is 0 Å². The molecule has 0 aliphatic heterocycles. The van der Waals surface area contributed by atoms with E-state index in [4.69, 9.17) is 11.6 Å². The van der Waals surface area contributed by atoms with Gasteiger partial charge in [0.1, 0.15) is 5.82 Å². The first-order valence-electron chi connectivity index (χ1n) is 4.75. The molecule has 0 N–H and O–H groups in total. The van der Waals surface area contributed by atoms with Crippen molar-refractivity contribution in [1.29, 1.82) is 0 Å². The van der Waals surface area contributed by atoms with E-state index in [1.807, 2.05) is 0 Å². The first-order chi connectivity index (χ1) is 8.20. The number of halogens is 2. The quantitative estimate of drug-likeness (QED) is 0.774. The first kappa shape index (κ1) is 11.6. The van der Waals surface area contributed by atoms with Gasteiger partial charge in [0.15, 0.2) is 6.07 Å². The number of hydrogen-bond donors (Lipinski definition) is 0. The number of carbonyl (C=O) groups excluding carboxylic acids is 1. The van der Waals surface area contributed by atoms with E-state index in [2.05, 4.69) is 9.84 Å². The van der Waals surface area contributed by atoms with Gasteiger partial charge >= 0.3 is 6.09 Å².